The predicted molar refractivity (Wildman–Crippen MR) is 133 cm³/mol. The second-order valence-corrected chi connectivity index (χ2v) is 8.80. The molecule has 0 unspecified atom stereocenters. The first-order valence-electron chi connectivity index (χ1n) is 10.3. The molecule has 1 aromatic heterocycles. The molecule has 0 saturated heterocycles. The van der Waals surface area contributed by atoms with Crippen molar-refractivity contribution in [3.05, 3.63) is 110 Å². The van der Waals surface area contributed by atoms with E-state index in [1.54, 1.807) is 42.5 Å². The van der Waals surface area contributed by atoms with Crippen LogP contribution < -0.4 is 10.1 Å². The number of hydrogen-bond acceptors (Lipinski definition) is 3. The first-order valence-corrected chi connectivity index (χ1v) is 11.4. The van der Waals surface area contributed by atoms with Crippen molar-refractivity contribution in [2.75, 3.05) is 5.32 Å². The third kappa shape index (κ3) is 5.70. The summed E-state index contributed by atoms with van der Waals surface area (Å²) in [6.07, 6.45) is 1.50. The molecular weight excluding hydrogens is 500 g/mol. The van der Waals surface area contributed by atoms with Gasteiger partial charge in [-0.2, -0.15) is 5.10 Å². The molecule has 34 heavy (non-hydrogen) atoms. The molecular formula is C25H19Cl3FN3O2. The van der Waals surface area contributed by atoms with Gasteiger partial charge in [0.15, 0.2) is 5.82 Å². The van der Waals surface area contributed by atoms with Gasteiger partial charge in [-0.3, -0.25) is 9.48 Å². The maximum atomic E-state index is 14.0. The lowest BCUT2D eigenvalue weighted by Crippen LogP contribution is -2.13. The van der Waals surface area contributed by atoms with Crippen molar-refractivity contribution in [1.29, 1.82) is 0 Å². The van der Waals surface area contributed by atoms with Crippen molar-refractivity contribution >= 4 is 46.5 Å². The standard InChI is InChI=1S/C25H19Cl3FN3O2/c1-15-11-18(9-10-20(15)26)34-14-16-5-7-17(8-6-16)25(33)30-24-22(28)13-32(31-24)12-19-21(27)3-2-4-23(19)29/h2-11,13H,12,14H2,1H3,(H,30,31,33). The van der Waals surface area contributed by atoms with Crippen molar-refractivity contribution in [3.8, 4) is 5.75 Å². The largest absolute Gasteiger partial charge is 0.489 e. The van der Waals surface area contributed by atoms with Crippen LogP contribution in [0.5, 0.6) is 5.75 Å². The second-order valence-electron chi connectivity index (χ2n) is 7.57. The summed E-state index contributed by atoms with van der Waals surface area (Å²) in [5.74, 6) is 0.0621. The fourth-order valence-corrected chi connectivity index (χ4v) is 3.75. The first kappa shape index (κ1) is 24.1. The SMILES string of the molecule is Cc1cc(OCc2ccc(C(=O)Nc3nn(Cc4c(F)cccc4Cl)cc3Cl)cc2)ccc1Cl. The topological polar surface area (TPSA) is 56.1 Å². The Labute approximate surface area is 211 Å². The van der Waals surface area contributed by atoms with Gasteiger partial charge in [0.05, 0.1) is 6.54 Å². The summed E-state index contributed by atoms with van der Waals surface area (Å²) in [6.45, 7) is 2.33. The minimum atomic E-state index is -0.444. The number of hydrogen-bond donors (Lipinski definition) is 1. The van der Waals surface area contributed by atoms with E-state index in [-0.39, 0.29) is 33.9 Å². The lowest BCUT2D eigenvalue weighted by molar-refractivity contribution is 0.102. The number of ether oxygens (including phenoxy) is 1. The average Bonchev–Trinajstić information content (AvgIpc) is 3.16. The molecule has 3 aromatic carbocycles. The van der Waals surface area contributed by atoms with Gasteiger partial charge in [-0.05, 0) is 60.5 Å². The number of nitrogens with one attached hydrogen (secondary N) is 1. The van der Waals surface area contributed by atoms with E-state index in [2.05, 4.69) is 10.4 Å². The molecule has 1 N–H and O–H groups in total. The smallest absolute Gasteiger partial charge is 0.256 e. The van der Waals surface area contributed by atoms with E-state index >= 15 is 0 Å². The molecule has 0 aliphatic carbocycles. The summed E-state index contributed by atoms with van der Waals surface area (Å²) in [5.41, 5.74) is 2.54. The number of nitrogens with zero attached hydrogens (tertiary/aromatic N) is 2. The molecule has 0 atom stereocenters. The zero-order chi connectivity index (χ0) is 24.2. The van der Waals surface area contributed by atoms with E-state index in [1.165, 1.54) is 23.0 Å². The predicted octanol–water partition coefficient (Wildman–Crippen LogP) is 7.17. The highest BCUT2D eigenvalue weighted by Crippen LogP contribution is 2.25. The summed E-state index contributed by atoms with van der Waals surface area (Å²) >= 11 is 18.3. The Morgan fingerprint density at radius 1 is 1.03 bits per heavy atom. The van der Waals surface area contributed by atoms with E-state index < -0.39 is 5.82 Å². The molecule has 5 nitrogen and oxygen atoms in total. The van der Waals surface area contributed by atoms with Crippen LogP contribution in [0.25, 0.3) is 0 Å². The molecule has 9 heteroatoms. The van der Waals surface area contributed by atoms with Gasteiger partial charge < -0.3 is 10.1 Å². The van der Waals surface area contributed by atoms with Gasteiger partial charge in [0.25, 0.3) is 5.91 Å². The molecule has 0 fully saturated rings. The van der Waals surface area contributed by atoms with Crippen LogP contribution >= 0.6 is 34.8 Å². The van der Waals surface area contributed by atoms with Crippen molar-refractivity contribution in [1.82, 2.24) is 9.78 Å². The van der Waals surface area contributed by atoms with E-state index in [0.717, 1.165) is 11.1 Å². The van der Waals surface area contributed by atoms with E-state index in [0.29, 0.717) is 22.9 Å². The van der Waals surface area contributed by atoms with Crippen LogP contribution in [-0.4, -0.2) is 15.7 Å². The van der Waals surface area contributed by atoms with Crippen LogP contribution in [-0.2, 0) is 13.2 Å². The number of anilines is 1. The molecule has 0 radical (unpaired) electrons. The third-order valence-electron chi connectivity index (χ3n) is 5.08. The zero-order valence-corrected chi connectivity index (χ0v) is 20.3. The van der Waals surface area contributed by atoms with Gasteiger partial charge in [-0.15, -0.1) is 0 Å². The minimum absolute atomic E-state index is 0.0724. The summed E-state index contributed by atoms with van der Waals surface area (Å²) in [4.78, 5) is 12.7. The van der Waals surface area contributed by atoms with Gasteiger partial charge in [-0.25, -0.2) is 4.39 Å². The number of carbonyl (C=O) groups is 1. The molecule has 1 heterocycles. The second kappa shape index (κ2) is 10.5. The fourth-order valence-electron chi connectivity index (χ4n) is 3.21. The van der Waals surface area contributed by atoms with Gasteiger partial charge in [-0.1, -0.05) is 53.0 Å². The Kier molecular flexibility index (Phi) is 7.41. The van der Waals surface area contributed by atoms with Crippen molar-refractivity contribution in [3.63, 3.8) is 0 Å². The van der Waals surface area contributed by atoms with Gasteiger partial charge in [0, 0.05) is 27.4 Å². The number of halogens is 4. The maximum Gasteiger partial charge on any atom is 0.256 e. The van der Waals surface area contributed by atoms with Crippen molar-refractivity contribution in [2.45, 2.75) is 20.1 Å². The summed E-state index contributed by atoms with van der Waals surface area (Å²) < 4.78 is 21.3. The highest BCUT2D eigenvalue weighted by atomic mass is 35.5. The molecule has 4 aromatic rings. The molecule has 0 saturated carbocycles. The first-order chi connectivity index (χ1) is 16.3. The summed E-state index contributed by atoms with van der Waals surface area (Å²) in [5, 5.41) is 8.12. The molecule has 0 spiro atoms. The molecule has 0 aliphatic rings. The highest BCUT2D eigenvalue weighted by molar-refractivity contribution is 6.33. The molecule has 0 aliphatic heterocycles. The quantitative estimate of drug-likeness (QED) is 0.282. The van der Waals surface area contributed by atoms with E-state index in [4.69, 9.17) is 39.5 Å². The Morgan fingerprint density at radius 3 is 2.50 bits per heavy atom. The van der Waals surface area contributed by atoms with Gasteiger partial charge in [0.1, 0.15) is 23.2 Å². The van der Waals surface area contributed by atoms with E-state index in [1.807, 2.05) is 13.0 Å². The number of rotatable bonds is 7. The number of aromatic nitrogens is 2. The van der Waals surface area contributed by atoms with Crippen LogP contribution in [0.4, 0.5) is 10.2 Å². The maximum absolute atomic E-state index is 14.0. The summed E-state index contributed by atoms with van der Waals surface area (Å²) in [7, 11) is 0. The number of amides is 1. The van der Waals surface area contributed by atoms with Crippen molar-refractivity contribution < 1.29 is 13.9 Å². The van der Waals surface area contributed by atoms with Crippen LogP contribution in [0.3, 0.4) is 0 Å². The summed E-state index contributed by atoms with van der Waals surface area (Å²) in [6, 6.07) is 16.9. The minimum Gasteiger partial charge on any atom is -0.489 e. The Balaban J connectivity index is 1.38. The van der Waals surface area contributed by atoms with Gasteiger partial charge in [0.2, 0.25) is 0 Å². The van der Waals surface area contributed by atoms with Crippen LogP contribution in [0.15, 0.2) is 66.9 Å². The molecule has 174 valence electrons. The molecule has 0 bridgehead atoms. The fraction of sp³-hybridized carbons (Fsp3) is 0.120. The van der Waals surface area contributed by atoms with Gasteiger partial charge >= 0.3 is 0 Å². The highest BCUT2D eigenvalue weighted by Gasteiger charge is 2.15. The number of carbonyl (C=O) groups excluding carboxylic acids is 1. The van der Waals surface area contributed by atoms with Crippen LogP contribution in [0, 0.1) is 12.7 Å². The third-order valence-corrected chi connectivity index (χ3v) is 6.14. The Hall–Kier alpha value is -3.06. The van der Waals surface area contributed by atoms with Crippen LogP contribution in [0.1, 0.15) is 27.0 Å². The monoisotopic (exact) mass is 517 g/mol. The Bertz CT molecular complexity index is 1320. The average molecular weight is 519 g/mol. The van der Waals surface area contributed by atoms with Crippen molar-refractivity contribution in [2.24, 2.45) is 0 Å². The lowest BCUT2D eigenvalue weighted by atomic mass is 10.1. The zero-order valence-electron chi connectivity index (χ0n) is 18.0. The Morgan fingerprint density at radius 2 is 1.79 bits per heavy atom. The lowest BCUT2D eigenvalue weighted by Gasteiger charge is -2.09. The molecule has 1 amide bonds. The molecule has 4 rings (SSSR count). The van der Waals surface area contributed by atoms with Crippen LogP contribution in [0.2, 0.25) is 15.1 Å². The number of benzene rings is 3. The normalized spacial score (nSPS) is 10.9. The van der Waals surface area contributed by atoms with E-state index in [9.17, 15) is 9.18 Å². The number of aryl methyl sites for hydroxylation is 1.